The number of aryl methyl sites for hydroxylation is 1. The van der Waals surface area contributed by atoms with Crippen molar-refractivity contribution in [2.75, 3.05) is 13.6 Å². The topological polar surface area (TPSA) is 3.24 Å². The first-order valence-corrected chi connectivity index (χ1v) is 5.57. The van der Waals surface area contributed by atoms with E-state index >= 15 is 0 Å². The summed E-state index contributed by atoms with van der Waals surface area (Å²) in [5.41, 5.74) is 1.90. The lowest BCUT2D eigenvalue weighted by Gasteiger charge is -2.19. The molecule has 0 atom stereocenters. The van der Waals surface area contributed by atoms with Gasteiger partial charge in [-0.3, -0.25) is 4.90 Å². The number of hydrogen-bond acceptors (Lipinski definition) is 1. The Morgan fingerprint density at radius 1 is 1.31 bits per heavy atom. The second-order valence-electron chi connectivity index (χ2n) is 3.86. The van der Waals surface area contributed by atoms with Gasteiger partial charge in [0.2, 0.25) is 0 Å². The number of rotatable bonds is 3. The smallest absolute Gasteiger partial charge is 0.294 e. The van der Waals surface area contributed by atoms with Crippen LogP contribution in [-0.4, -0.2) is 24.7 Å². The minimum absolute atomic E-state index is 0.296. The van der Waals surface area contributed by atoms with E-state index in [2.05, 4.69) is 15.9 Å². The Morgan fingerprint density at radius 2 is 1.94 bits per heavy atom. The van der Waals surface area contributed by atoms with Crippen LogP contribution in [0.25, 0.3) is 0 Å². The summed E-state index contributed by atoms with van der Waals surface area (Å²) in [6.07, 6.45) is -4.14. The molecular formula is C11H13BrF3N. The number of halogens is 4. The lowest BCUT2D eigenvalue weighted by Crippen LogP contribution is -2.30. The average Bonchev–Trinajstić information content (AvgIpc) is 2.08. The zero-order valence-corrected chi connectivity index (χ0v) is 10.7. The van der Waals surface area contributed by atoms with Crippen LogP contribution >= 0.6 is 15.9 Å². The van der Waals surface area contributed by atoms with E-state index in [-0.39, 0.29) is 0 Å². The van der Waals surface area contributed by atoms with Crippen molar-refractivity contribution in [1.29, 1.82) is 0 Å². The molecule has 0 saturated heterocycles. The summed E-state index contributed by atoms with van der Waals surface area (Å²) in [5, 5.41) is 0. The van der Waals surface area contributed by atoms with Crippen LogP contribution in [0.5, 0.6) is 0 Å². The quantitative estimate of drug-likeness (QED) is 0.821. The predicted octanol–water partition coefficient (Wildman–Crippen LogP) is 3.75. The van der Waals surface area contributed by atoms with Crippen LogP contribution in [-0.2, 0) is 6.54 Å². The van der Waals surface area contributed by atoms with Crippen LogP contribution in [0.4, 0.5) is 13.2 Å². The first-order chi connectivity index (χ1) is 7.28. The maximum absolute atomic E-state index is 12.1. The molecule has 0 fully saturated rings. The van der Waals surface area contributed by atoms with Gasteiger partial charge in [-0.25, -0.2) is 0 Å². The van der Waals surface area contributed by atoms with Gasteiger partial charge in [0.1, 0.15) is 0 Å². The first-order valence-electron chi connectivity index (χ1n) is 4.78. The van der Waals surface area contributed by atoms with Crippen molar-refractivity contribution in [2.24, 2.45) is 0 Å². The summed E-state index contributed by atoms with van der Waals surface area (Å²) in [4.78, 5) is 1.26. The van der Waals surface area contributed by atoms with Gasteiger partial charge in [0.25, 0.3) is 0 Å². The average molecular weight is 296 g/mol. The molecule has 0 unspecified atom stereocenters. The normalized spacial score (nSPS) is 12.2. The molecule has 16 heavy (non-hydrogen) atoms. The van der Waals surface area contributed by atoms with Crippen molar-refractivity contribution in [2.45, 2.75) is 19.6 Å². The molecular weight excluding hydrogens is 283 g/mol. The fourth-order valence-electron chi connectivity index (χ4n) is 1.46. The second kappa shape index (κ2) is 5.19. The summed E-state index contributed by atoms with van der Waals surface area (Å²) in [6, 6.07) is 5.62. The van der Waals surface area contributed by atoms with Gasteiger partial charge in [-0.2, -0.15) is 13.2 Å². The molecule has 1 aromatic rings. The van der Waals surface area contributed by atoms with E-state index in [1.807, 2.05) is 25.1 Å². The van der Waals surface area contributed by atoms with Gasteiger partial charge in [0.05, 0.1) is 6.54 Å². The number of alkyl halides is 3. The van der Waals surface area contributed by atoms with Crippen LogP contribution in [0.15, 0.2) is 22.7 Å². The third-order valence-corrected chi connectivity index (χ3v) is 2.69. The van der Waals surface area contributed by atoms with Crippen molar-refractivity contribution in [3.05, 3.63) is 33.8 Å². The predicted molar refractivity (Wildman–Crippen MR) is 61.3 cm³/mol. The standard InChI is InChI=1S/C11H13BrF3N/c1-8-3-4-10(12)5-9(8)6-16(2)7-11(13,14)15/h3-5H,6-7H2,1-2H3. The van der Waals surface area contributed by atoms with E-state index in [0.717, 1.165) is 15.6 Å². The van der Waals surface area contributed by atoms with E-state index in [9.17, 15) is 13.2 Å². The number of benzene rings is 1. The maximum atomic E-state index is 12.1. The van der Waals surface area contributed by atoms with Crippen molar-refractivity contribution < 1.29 is 13.2 Å². The molecule has 0 amide bonds. The highest BCUT2D eigenvalue weighted by molar-refractivity contribution is 9.10. The van der Waals surface area contributed by atoms with Gasteiger partial charge in [0.15, 0.2) is 0 Å². The van der Waals surface area contributed by atoms with Crippen LogP contribution in [0.2, 0.25) is 0 Å². The van der Waals surface area contributed by atoms with E-state index in [1.54, 1.807) is 0 Å². The maximum Gasteiger partial charge on any atom is 0.401 e. The molecule has 5 heteroatoms. The lowest BCUT2D eigenvalue weighted by molar-refractivity contribution is -0.144. The van der Waals surface area contributed by atoms with Crippen molar-refractivity contribution in [3.63, 3.8) is 0 Å². The van der Waals surface area contributed by atoms with Gasteiger partial charge < -0.3 is 0 Å². The van der Waals surface area contributed by atoms with Crippen LogP contribution in [0.1, 0.15) is 11.1 Å². The number of hydrogen-bond donors (Lipinski definition) is 0. The Morgan fingerprint density at radius 3 is 2.50 bits per heavy atom. The van der Waals surface area contributed by atoms with E-state index in [0.29, 0.717) is 6.54 Å². The second-order valence-corrected chi connectivity index (χ2v) is 4.77. The molecule has 0 heterocycles. The molecule has 0 aromatic heterocycles. The molecule has 0 aliphatic rings. The van der Waals surface area contributed by atoms with Crippen LogP contribution < -0.4 is 0 Å². The molecule has 0 aliphatic heterocycles. The van der Waals surface area contributed by atoms with E-state index in [1.165, 1.54) is 11.9 Å². The van der Waals surface area contributed by atoms with Gasteiger partial charge in [-0.15, -0.1) is 0 Å². The SMILES string of the molecule is Cc1ccc(Br)cc1CN(C)CC(F)(F)F. The zero-order chi connectivity index (χ0) is 12.3. The molecule has 0 spiro atoms. The molecule has 0 N–H and O–H groups in total. The fourth-order valence-corrected chi connectivity index (χ4v) is 1.87. The Balaban J connectivity index is 2.69. The highest BCUT2D eigenvalue weighted by Gasteiger charge is 2.29. The third kappa shape index (κ3) is 4.53. The van der Waals surface area contributed by atoms with E-state index in [4.69, 9.17) is 0 Å². The summed E-state index contributed by atoms with van der Waals surface area (Å²) < 4.78 is 37.3. The molecule has 0 bridgehead atoms. The van der Waals surface area contributed by atoms with Gasteiger partial charge in [-0.1, -0.05) is 22.0 Å². The van der Waals surface area contributed by atoms with Crippen LogP contribution in [0.3, 0.4) is 0 Å². The highest BCUT2D eigenvalue weighted by atomic mass is 79.9. The highest BCUT2D eigenvalue weighted by Crippen LogP contribution is 2.20. The van der Waals surface area contributed by atoms with Crippen molar-refractivity contribution in [3.8, 4) is 0 Å². The fraction of sp³-hybridized carbons (Fsp3) is 0.455. The molecule has 0 aliphatic carbocycles. The van der Waals surface area contributed by atoms with Gasteiger partial charge in [-0.05, 0) is 37.2 Å². The molecule has 1 rings (SSSR count). The minimum Gasteiger partial charge on any atom is -0.294 e. The monoisotopic (exact) mass is 295 g/mol. The molecule has 90 valence electrons. The largest absolute Gasteiger partial charge is 0.401 e. The van der Waals surface area contributed by atoms with Gasteiger partial charge in [0, 0.05) is 11.0 Å². The molecule has 0 saturated carbocycles. The lowest BCUT2D eigenvalue weighted by atomic mass is 10.1. The Hall–Kier alpha value is -0.550. The number of nitrogens with zero attached hydrogens (tertiary/aromatic N) is 1. The summed E-state index contributed by atoms with van der Waals surface area (Å²) in [7, 11) is 1.47. The summed E-state index contributed by atoms with van der Waals surface area (Å²) in [5.74, 6) is 0. The first kappa shape index (κ1) is 13.5. The van der Waals surface area contributed by atoms with Crippen LogP contribution in [0, 0.1) is 6.92 Å². The summed E-state index contributed by atoms with van der Waals surface area (Å²) in [6.45, 7) is 1.30. The van der Waals surface area contributed by atoms with Gasteiger partial charge >= 0.3 is 6.18 Å². The molecule has 0 radical (unpaired) electrons. The zero-order valence-electron chi connectivity index (χ0n) is 9.11. The van der Waals surface area contributed by atoms with Crippen molar-refractivity contribution >= 4 is 15.9 Å². The Bertz CT molecular complexity index is 363. The third-order valence-electron chi connectivity index (χ3n) is 2.20. The molecule has 1 aromatic carbocycles. The molecule has 1 nitrogen and oxygen atoms in total. The Labute approximate surface area is 101 Å². The minimum atomic E-state index is -4.14. The Kier molecular flexibility index (Phi) is 4.38. The summed E-state index contributed by atoms with van der Waals surface area (Å²) >= 11 is 3.31. The van der Waals surface area contributed by atoms with Crippen molar-refractivity contribution in [1.82, 2.24) is 4.90 Å². The van der Waals surface area contributed by atoms with E-state index < -0.39 is 12.7 Å².